The van der Waals surface area contributed by atoms with E-state index in [1.807, 2.05) is 32.3 Å². The molecule has 0 aliphatic carbocycles. The highest BCUT2D eigenvalue weighted by atomic mass is 16.2. The average Bonchev–Trinajstić information content (AvgIpc) is 3.22. The molecule has 24 heavy (non-hydrogen) atoms. The van der Waals surface area contributed by atoms with Crippen molar-refractivity contribution in [3.05, 3.63) is 30.7 Å². The van der Waals surface area contributed by atoms with Crippen molar-refractivity contribution in [1.29, 1.82) is 0 Å². The van der Waals surface area contributed by atoms with Crippen molar-refractivity contribution in [2.75, 3.05) is 18.0 Å². The Morgan fingerprint density at radius 3 is 3.08 bits per heavy atom. The van der Waals surface area contributed by atoms with Crippen LogP contribution in [0.5, 0.6) is 0 Å². The molecule has 0 spiro atoms. The Morgan fingerprint density at radius 2 is 2.25 bits per heavy atom. The van der Waals surface area contributed by atoms with Crippen LogP contribution in [0, 0.1) is 5.92 Å². The number of carbonyl (C=O) groups is 1. The topological polar surface area (TPSA) is 73.9 Å². The van der Waals surface area contributed by atoms with Crippen LogP contribution in [0.15, 0.2) is 30.7 Å². The summed E-state index contributed by atoms with van der Waals surface area (Å²) in [7, 11) is 0. The normalized spacial score (nSPS) is 18.0. The lowest BCUT2D eigenvalue weighted by molar-refractivity contribution is -0.124. The molecule has 4 rings (SSSR count). The number of H-pyrrole nitrogens is 1. The number of pyridine rings is 2. The third-order valence-electron chi connectivity index (χ3n) is 4.60. The predicted molar refractivity (Wildman–Crippen MR) is 95.0 cm³/mol. The number of anilines is 1. The second-order valence-corrected chi connectivity index (χ2v) is 6.69. The van der Waals surface area contributed by atoms with E-state index in [0.29, 0.717) is 0 Å². The van der Waals surface area contributed by atoms with Crippen molar-refractivity contribution in [2.45, 2.75) is 26.3 Å². The zero-order valence-corrected chi connectivity index (χ0v) is 13.9. The molecule has 1 amide bonds. The molecule has 3 aromatic heterocycles. The summed E-state index contributed by atoms with van der Waals surface area (Å²) in [5.41, 5.74) is 2.89. The van der Waals surface area contributed by atoms with Gasteiger partial charge in [-0.15, -0.1) is 0 Å². The molecule has 1 aliphatic heterocycles. The minimum atomic E-state index is 0.0433. The van der Waals surface area contributed by atoms with Crippen LogP contribution in [-0.2, 0) is 4.79 Å². The number of rotatable bonds is 3. The molecule has 0 aromatic carbocycles. The molecule has 0 saturated carbocycles. The van der Waals surface area contributed by atoms with Crippen LogP contribution < -0.4 is 10.2 Å². The van der Waals surface area contributed by atoms with E-state index < -0.39 is 0 Å². The number of aromatic amines is 1. The minimum Gasteiger partial charge on any atom is -0.370 e. The fourth-order valence-electron chi connectivity index (χ4n) is 3.50. The number of nitrogens with zero attached hydrogens (tertiary/aromatic N) is 3. The van der Waals surface area contributed by atoms with Gasteiger partial charge in [0, 0.05) is 48.0 Å². The van der Waals surface area contributed by atoms with Gasteiger partial charge >= 0.3 is 0 Å². The molecule has 1 fully saturated rings. The maximum absolute atomic E-state index is 12.3. The fraction of sp³-hybridized carbons (Fsp3) is 0.389. The number of hydrogen-bond acceptors (Lipinski definition) is 4. The van der Waals surface area contributed by atoms with Crippen molar-refractivity contribution in [3.63, 3.8) is 0 Å². The van der Waals surface area contributed by atoms with Gasteiger partial charge in [-0.3, -0.25) is 4.79 Å². The van der Waals surface area contributed by atoms with Gasteiger partial charge in [-0.25, -0.2) is 9.97 Å². The summed E-state index contributed by atoms with van der Waals surface area (Å²) in [6, 6.07) is 4.26. The van der Waals surface area contributed by atoms with Crippen LogP contribution >= 0.6 is 0 Å². The van der Waals surface area contributed by atoms with Crippen molar-refractivity contribution in [3.8, 4) is 0 Å². The molecule has 6 heteroatoms. The van der Waals surface area contributed by atoms with Gasteiger partial charge in [0.25, 0.3) is 0 Å². The lowest BCUT2D eigenvalue weighted by Gasteiger charge is -2.21. The van der Waals surface area contributed by atoms with Crippen molar-refractivity contribution >= 4 is 33.5 Å². The third kappa shape index (κ3) is 2.48. The highest BCUT2D eigenvalue weighted by Crippen LogP contribution is 2.33. The Bertz CT molecular complexity index is 901. The van der Waals surface area contributed by atoms with E-state index in [-0.39, 0.29) is 17.9 Å². The van der Waals surface area contributed by atoms with E-state index in [2.05, 4.69) is 31.2 Å². The molecule has 1 aliphatic rings. The van der Waals surface area contributed by atoms with Crippen LogP contribution in [0.1, 0.15) is 20.3 Å². The first-order valence-corrected chi connectivity index (χ1v) is 8.39. The molecule has 0 bridgehead atoms. The van der Waals surface area contributed by atoms with Crippen LogP contribution in [0.3, 0.4) is 0 Å². The molecular weight excluding hydrogens is 302 g/mol. The van der Waals surface area contributed by atoms with E-state index in [0.717, 1.165) is 47.1 Å². The van der Waals surface area contributed by atoms with Gasteiger partial charge in [0.05, 0.1) is 17.6 Å². The average molecular weight is 323 g/mol. The minimum absolute atomic E-state index is 0.0433. The van der Waals surface area contributed by atoms with Crippen molar-refractivity contribution < 1.29 is 4.79 Å². The van der Waals surface area contributed by atoms with E-state index in [1.165, 1.54) is 0 Å². The summed E-state index contributed by atoms with van der Waals surface area (Å²) in [4.78, 5) is 26.6. The van der Waals surface area contributed by atoms with Crippen molar-refractivity contribution in [2.24, 2.45) is 5.92 Å². The Hall–Kier alpha value is -2.63. The predicted octanol–water partition coefficient (Wildman–Crippen LogP) is 2.46. The molecular formula is C18H21N5O. The molecule has 2 N–H and O–H groups in total. The molecule has 124 valence electrons. The molecule has 0 radical (unpaired) electrons. The molecule has 4 heterocycles. The summed E-state index contributed by atoms with van der Waals surface area (Å²) in [6.45, 7) is 5.62. The zero-order valence-electron chi connectivity index (χ0n) is 13.9. The van der Waals surface area contributed by atoms with E-state index >= 15 is 0 Å². The first kappa shape index (κ1) is 14.9. The van der Waals surface area contributed by atoms with Gasteiger partial charge in [0.15, 0.2) is 5.65 Å². The van der Waals surface area contributed by atoms with Gasteiger partial charge < -0.3 is 15.2 Å². The second-order valence-electron chi connectivity index (χ2n) is 6.69. The van der Waals surface area contributed by atoms with Crippen LogP contribution in [0.2, 0.25) is 0 Å². The SMILES string of the molecule is CC(C)NC(=O)C1CCN(c2cc[nH]c3cnc4nccc4c23)C1. The monoisotopic (exact) mass is 323 g/mol. The fourth-order valence-corrected chi connectivity index (χ4v) is 3.50. The standard InChI is InChI=1S/C18H21N5O/c1-11(2)22-18(24)12-5-8-23(10-12)15-4-7-19-14-9-21-17-13(16(14)15)3-6-20-17/h3-4,6-7,9,11-12,19H,5,8,10H2,1-2H3,(H,22,24). The summed E-state index contributed by atoms with van der Waals surface area (Å²) in [6.07, 6.45) is 6.43. The maximum Gasteiger partial charge on any atom is 0.225 e. The number of hydrogen-bond donors (Lipinski definition) is 2. The largest absolute Gasteiger partial charge is 0.370 e. The molecule has 1 atom stereocenters. The Morgan fingerprint density at radius 1 is 1.38 bits per heavy atom. The Balaban J connectivity index is 1.70. The second kappa shape index (κ2) is 5.78. The van der Waals surface area contributed by atoms with Gasteiger partial charge in [-0.2, -0.15) is 0 Å². The third-order valence-corrected chi connectivity index (χ3v) is 4.60. The first-order chi connectivity index (χ1) is 11.6. The van der Waals surface area contributed by atoms with Crippen LogP contribution in [-0.4, -0.2) is 40.0 Å². The van der Waals surface area contributed by atoms with Gasteiger partial charge in [0.2, 0.25) is 5.91 Å². The number of carbonyl (C=O) groups excluding carboxylic acids is 1. The number of aromatic nitrogens is 3. The highest BCUT2D eigenvalue weighted by molar-refractivity contribution is 6.10. The molecule has 1 saturated heterocycles. The van der Waals surface area contributed by atoms with Gasteiger partial charge in [-0.05, 0) is 32.4 Å². The summed E-state index contributed by atoms with van der Waals surface area (Å²) >= 11 is 0. The van der Waals surface area contributed by atoms with Gasteiger partial charge in [0.1, 0.15) is 0 Å². The first-order valence-electron chi connectivity index (χ1n) is 8.39. The molecule has 1 unspecified atom stereocenters. The van der Waals surface area contributed by atoms with Gasteiger partial charge in [-0.1, -0.05) is 0 Å². The quantitative estimate of drug-likeness (QED) is 0.776. The Kier molecular flexibility index (Phi) is 3.59. The zero-order chi connectivity index (χ0) is 16.7. The summed E-state index contributed by atoms with van der Waals surface area (Å²) in [5, 5.41) is 5.21. The van der Waals surface area contributed by atoms with Crippen molar-refractivity contribution in [1.82, 2.24) is 20.3 Å². The smallest absolute Gasteiger partial charge is 0.225 e. The molecule has 3 aromatic rings. The van der Waals surface area contributed by atoms with E-state index in [1.54, 1.807) is 6.20 Å². The lowest BCUT2D eigenvalue weighted by Crippen LogP contribution is -2.36. The molecule has 6 nitrogen and oxygen atoms in total. The lowest BCUT2D eigenvalue weighted by atomic mass is 10.1. The maximum atomic E-state index is 12.3. The number of fused-ring (bicyclic) bond motifs is 3. The number of amides is 1. The highest BCUT2D eigenvalue weighted by Gasteiger charge is 2.29. The summed E-state index contributed by atoms with van der Waals surface area (Å²) in [5.74, 6) is 0.197. The van der Waals surface area contributed by atoms with Crippen LogP contribution in [0.25, 0.3) is 21.9 Å². The van der Waals surface area contributed by atoms with E-state index in [4.69, 9.17) is 0 Å². The summed E-state index contributed by atoms with van der Waals surface area (Å²) < 4.78 is 0. The van der Waals surface area contributed by atoms with E-state index in [9.17, 15) is 4.79 Å². The van der Waals surface area contributed by atoms with Crippen LogP contribution in [0.4, 0.5) is 5.69 Å². The Labute approximate surface area is 140 Å². The number of nitrogens with one attached hydrogen (secondary N) is 2.